The molecule has 0 aromatic heterocycles. The Morgan fingerprint density at radius 2 is 2.00 bits per heavy atom. The van der Waals surface area contributed by atoms with Crippen molar-refractivity contribution in [1.29, 1.82) is 0 Å². The Morgan fingerprint density at radius 1 is 1.30 bits per heavy atom. The van der Waals surface area contributed by atoms with Crippen molar-refractivity contribution in [1.82, 2.24) is 0 Å². The number of rotatable bonds is 3. The predicted molar refractivity (Wildman–Crippen MR) is 83.6 cm³/mol. The van der Waals surface area contributed by atoms with E-state index >= 15 is 0 Å². The summed E-state index contributed by atoms with van der Waals surface area (Å²) in [7, 11) is 0. The number of halogens is 1. The standard InChI is InChI=1S/C15H15BrN2O2/c1-9(19)11-4-2-3-5-14(11)18-15(20)12-8-10(17)6-7-13(12)16/h2-9,19H,17H2,1H3,(H,18,20). The number of aliphatic hydroxyl groups excluding tert-OH is 1. The second-order valence-corrected chi connectivity index (χ2v) is 5.31. The monoisotopic (exact) mass is 334 g/mol. The molecule has 0 saturated heterocycles. The van der Waals surface area contributed by atoms with Gasteiger partial charge in [0.25, 0.3) is 5.91 Å². The molecule has 4 nitrogen and oxygen atoms in total. The molecule has 1 unspecified atom stereocenters. The van der Waals surface area contributed by atoms with Crippen LogP contribution in [0.5, 0.6) is 0 Å². The summed E-state index contributed by atoms with van der Waals surface area (Å²) in [5.41, 5.74) is 7.91. The lowest BCUT2D eigenvalue weighted by atomic mass is 10.1. The third kappa shape index (κ3) is 3.18. The molecule has 0 heterocycles. The van der Waals surface area contributed by atoms with Crippen molar-refractivity contribution >= 4 is 33.2 Å². The number of nitrogens with one attached hydrogen (secondary N) is 1. The average molecular weight is 335 g/mol. The fourth-order valence-electron chi connectivity index (χ4n) is 1.88. The Balaban J connectivity index is 2.31. The van der Waals surface area contributed by atoms with E-state index < -0.39 is 6.10 Å². The quantitative estimate of drug-likeness (QED) is 0.753. The molecule has 0 radical (unpaired) electrons. The molecule has 2 rings (SSSR count). The lowest BCUT2D eigenvalue weighted by molar-refractivity contribution is 0.102. The Bertz CT molecular complexity index is 642. The summed E-state index contributed by atoms with van der Waals surface area (Å²) < 4.78 is 0.665. The van der Waals surface area contributed by atoms with Gasteiger partial charge in [0.05, 0.1) is 11.7 Å². The van der Waals surface area contributed by atoms with Gasteiger partial charge >= 0.3 is 0 Å². The molecule has 104 valence electrons. The molecule has 20 heavy (non-hydrogen) atoms. The van der Waals surface area contributed by atoms with Gasteiger partial charge in [-0.1, -0.05) is 18.2 Å². The van der Waals surface area contributed by atoms with Crippen molar-refractivity contribution in [2.75, 3.05) is 11.1 Å². The molecule has 1 amide bonds. The first-order chi connectivity index (χ1) is 9.49. The summed E-state index contributed by atoms with van der Waals surface area (Å²) in [6, 6.07) is 12.2. The third-order valence-electron chi connectivity index (χ3n) is 2.89. The number of amides is 1. The summed E-state index contributed by atoms with van der Waals surface area (Å²) in [5.74, 6) is -0.280. The van der Waals surface area contributed by atoms with E-state index in [-0.39, 0.29) is 5.91 Å². The topological polar surface area (TPSA) is 75.3 Å². The number of carbonyl (C=O) groups is 1. The number of benzene rings is 2. The van der Waals surface area contributed by atoms with E-state index in [1.807, 2.05) is 6.07 Å². The van der Waals surface area contributed by atoms with Gasteiger partial charge in [-0.15, -0.1) is 0 Å². The zero-order valence-corrected chi connectivity index (χ0v) is 12.5. The van der Waals surface area contributed by atoms with Crippen LogP contribution in [-0.2, 0) is 0 Å². The highest BCUT2D eigenvalue weighted by molar-refractivity contribution is 9.10. The molecule has 0 aliphatic carbocycles. The second kappa shape index (κ2) is 6.07. The summed E-state index contributed by atoms with van der Waals surface area (Å²) >= 11 is 3.33. The first-order valence-corrected chi connectivity index (χ1v) is 6.91. The molecule has 0 saturated carbocycles. The van der Waals surface area contributed by atoms with E-state index in [2.05, 4.69) is 21.2 Å². The molecule has 0 aliphatic rings. The summed E-state index contributed by atoms with van der Waals surface area (Å²) in [6.07, 6.45) is -0.657. The molecule has 1 atom stereocenters. The fraction of sp³-hybridized carbons (Fsp3) is 0.133. The SMILES string of the molecule is CC(O)c1ccccc1NC(=O)c1cc(N)ccc1Br. The van der Waals surface area contributed by atoms with Crippen LogP contribution in [0, 0.1) is 0 Å². The highest BCUT2D eigenvalue weighted by atomic mass is 79.9. The molecule has 5 heteroatoms. The van der Waals surface area contributed by atoms with E-state index in [4.69, 9.17) is 5.73 Å². The number of aliphatic hydroxyl groups is 1. The molecule has 2 aromatic carbocycles. The molecular formula is C15H15BrN2O2. The van der Waals surface area contributed by atoms with Crippen molar-refractivity contribution < 1.29 is 9.90 Å². The van der Waals surface area contributed by atoms with E-state index in [1.165, 1.54) is 0 Å². The number of nitrogens with two attached hydrogens (primary N) is 1. The molecular weight excluding hydrogens is 320 g/mol. The molecule has 0 bridgehead atoms. The summed E-state index contributed by atoms with van der Waals surface area (Å²) in [6.45, 7) is 1.65. The summed E-state index contributed by atoms with van der Waals surface area (Å²) in [5, 5.41) is 12.5. The number of hydrogen-bond acceptors (Lipinski definition) is 3. The fourth-order valence-corrected chi connectivity index (χ4v) is 2.31. The number of anilines is 2. The van der Waals surface area contributed by atoms with Gasteiger partial charge in [-0.25, -0.2) is 0 Å². The van der Waals surface area contributed by atoms with Crippen LogP contribution in [0.2, 0.25) is 0 Å². The third-order valence-corrected chi connectivity index (χ3v) is 3.59. The first-order valence-electron chi connectivity index (χ1n) is 6.12. The van der Waals surface area contributed by atoms with Crippen LogP contribution < -0.4 is 11.1 Å². The van der Waals surface area contributed by atoms with Crippen LogP contribution in [0.15, 0.2) is 46.9 Å². The molecule has 0 aliphatic heterocycles. The molecule has 0 fully saturated rings. The first kappa shape index (κ1) is 14.6. The molecule has 0 spiro atoms. The van der Waals surface area contributed by atoms with Gasteiger partial charge in [-0.3, -0.25) is 4.79 Å². The number of hydrogen-bond donors (Lipinski definition) is 3. The van der Waals surface area contributed by atoms with Crippen LogP contribution in [0.1, 0.15) is 28.9 Å². The van der Waals surface area contributed by atoms with Crippen LogP contribution in [0.25, 0.3) is 0 Å². The minimum Gasteiger partial charge on any atom is -0.399 e. The van der Waals surface area contributed by atoms with Gasteiger partial charge in [0.15, 0.2) is 0 Å². The van der Waals surface area contributed by atoms with E-state index in [0.717, 1.165) is 0 Å². The van der Waals surface area contributed by atoms with Crippen molar-refractivity contribution in [2.45, 2.75) is 13.0 Å². The Morgan fingerprint density at radius 3 is 2.70 bits per heavy atom. The summed E-state index contributed by atoms with van der Waals surface area (Å²) in [4.78, 5) is 12.3. The van der Waals surface area contributed by atoms with Crippen molar-refractivity contribution in [2.24, 2.45) is 0 Å². The predicted octanol–water partition coefficient (Wildman–Crippen LogP) is 3.34. The highest BCUT2D eigenvalue weighted by Crippen LogP contribution is 2.25. The van der Waals surface area contributed by atoms with E-state index in [9.17, 15) is 9.90 Å². The maximum Gasteiger partial charge on any atom is 0.256 e. The minimum atomic E-state index is -0.657. The minimum absolute atomic E-state index is 0.280. The Labute approximate surface area is 125 Å². The van der Waals surface area contributed by atoms with Gasteiger partial charge in [-0.2, -0.15) is 0 Å². The largest absolute Gasteiger partial charge is 0.399 e. The smallest absolute Gasteiger partial charge is 0.256 e. The van der Waals surface area contributed by atoms with Crippen molar-refractivity contribution in [3.8, 4) is 0 Å². The van der Waals surface area contributed by atoms with E-state index in [1.54, 1.807) is 43.3 Å². The van der Waals surface area contributed by atoms with Crippen LogP contribution >= 0.6 is 15.9 Å². The van der Waals surface area contributed by atoms with Gasteiger partial charge in [0, 0.05) is 21.4 Å². The van der Waals surface area contributed by atoms with Crippen LogP contribution in [0.3, 0.4) is 0 Å². The maximum atomic E-state index is 12.3. The van der Waals surface area contributed by atoms with E-state index in [0.29, 0.717) is 27.0 Å². The van der Waals surface area contributed by atoms with Crippen LogP contribution in [0.4, 0.5) is 11.4 Å². The zero-order valence-electron chi connectivity index (χ0n) is 10.9. The highest BCUT2D eigenvalue weighted by Gasteiger charge is 2.14. The van der Waals surface area contributed by atoms with Crippen molar-refractivity contribution in [3.05, 3.63) is 58.1 Å². The maximum absolute atomic E-state index is 12.3. The van der Waals surface area contributed by atoms with Gasteiger partial charge in [0.1, 0.15) is 0 Å². The Hall–Kier alpha value is -1.85. The van der Waals surface area contributed by atoms with Gasteiger partial charge in [0.2, 0.25) is 0 Å². The van der Waals surface area contributed by atoms with Crippen molar-refractivity contribution in [3.63, 3.8) is 0 Å². The lowest BCUT2D eigenvalue weighted by Gasteiger charge is -2.13. The zero-order chi connectivity index (χ0) is 14.7. The molecule has 2 aromatic rings. The second-order valence-electron chi connectivity index (χ2n) is 4.46. The van der Waals surface area contributed by atoms with Gasteiger partial charge < -0.3 is 16.2 Å². The van der Waals surface area contributed by atoms with Crippen LogP contribution in [-0.4, -0.2) is 11.0 Å². The molecule has 4 N–H and O–H groups in total. The number of para-hydroxylation sites is 1. The lowest BCUT2D eigenvalue weighted by Crippen LogP contribution is -2.14. The number of nitrogen functional groups attached to an aromatic ring is 1. The Kier molecular flexibility index (Phi) is 4.42. The average Bonchev–Trinajstić information content (AvgIpc) is 2.41. The normalized spacial score (nSPS) is 11.9. The number of carbonyl (C=O) groups excluding carboxylic acids is 1. The van der Waals surface area contributed by atoms with Gasteiger partial charge in [-0.05, 0) is 47.1 Å².